The van der Waals surface area contributed by atoms with E-state index < -0.39 is 4.87 Å². The number of nitrogens with two attached hydrogens (primary N) is 1. The van der Waals surface area contributed by atoms with Gasteiger partial charge in [0.25, 0.3) is 0 Å². The number of hydrogen-bond acceptors (Lipinski definition) is 4. The monoisotopic (exact) mass is 386 g/mol. The number of hydrogen-bond donors (Lipinski definition) is 2. The Kier molecular flexibility index (Phi) is 6.13. The van der Waals surface area contributed by atoms with Gasteiger partial charge in [0.05, 0.1) is 0 Å². The Hall–Kier alpha value is -2.38. The summed E-state index contributed by atoms with van der Waals surface area (Å²) in [4.78, 5) is 12.1. The van der Waals surface area contributed by atoms with Crippen molar-refractivity contribution in [1.29, 1.82) is 0 Å². The van der Waals surface area contributed by atoms with Gasteiger partial charge in [-0.3, -0.25) is 0 Å². The minimum atomic E-state index is -0.721. The van der Waals surface area contributed by atoms with Gasteiger partial charge in [0.2, 0.25) is 0 Å². The molecule has 27 heavy (non-hydrogen) atoms. The van der Waals surface area contributed by atoms with E-state index in [9.17, 15) is 9.18 Å². The molecule has 0 aliphatic carbocycles. The van der Waals surface area contributed by atoms with Gasteiger partial charge in [0.15, 0.2) is 0 Å². The summed E-state index contributed by atoms with van der Waals surface area (Å²) in [6.07, 6.45) is 1.36. The van der Waals surface area contributed by atoms with Gasteiger partial charge < -0.3 is 11.1 Å². The zero-order valence-electron chi connectivity index (χ0n) is 15.2. The highest BCUT2D eigenvalue weighted by molar-refractivity contribution is 8.15. The molecule has 0 aromatic heterocycles. The number of rotatable bonds is 6. The fourth-order valence-corrected chi connectivity index (χ4v) is 4.49. The van der Waals surface area contributed by atoms with Crippen molar-refractivity contribution in [3.63, 3.8) is 0 Å². The fraction of sp³-hybridized carbons (Fsp3) is 0.300. The molecule has 142 valence electrons. The lowest BCUT2D eigenvalue weighted by atomic mass is 10.0. The molecule has 2 amide bonds. The van der Waals surface area contributed by atoms with E-state index in [0.29, 0.717) is 30.1 Å². The van der Waals surface area contributed by atoms with Crippen LogP contribution >= 0.6 is 11.8 Å². The molecule has 7 heteroatoms. The SMILES string of the molecule is CCNC(=O)N1N=C(c2cccc(F)c2)SC1(CCCN)c1ccccc1. The van der Waals surface area contributed by atoms with E-state index in [0.717, 1.165) is 12.0 Å². The van der Waals surface area contributed by atoms with Crippen LogP contribution in [-0.2, 0) is 4.87 Å². The van der Waals surface area contributed by atoms with E-state index in [-0.39, 0.29) is 11.8 Å². The highest BCUT2D eigenvalue weighted by Crippen LogP contribution is 2.50. The van der Waals surface area contributed by atoms with E-state index in [4.69, 9.17) is 5.73 Å². The zero-order chi connectivity index (χ0) is 19.3. The van der Waals surface area contributed by atoms with Crippen LogP contribution in [0, 0.1) is 5.82 Å². The molecule has 0 radical (unpaired) electrons. The molecule has 2 aromatic carbocycles. The smallest absolute Gasteiger partial charge is 0.337 e. The number of nitrogens with one attached hydrogen (secondary N) is 1. The van der Waals surface area contributed by atoms with Crippen LogP contribution in [0.1, 0.15) is 30.9 Å². The van der Waals surface area contributed by atoms with Crippen LogP contribution in [-0.4, -0.2) is 29.2 Å². The first-order chi connectivity index (χ1) is 13.1. The van der Waals surface area contributed by atoms with Gasteiger partial charge in [0, 0.05) is 12.1 Å². The maximum Gasteiger partial charge on any atom is 0.339 e. The number of halogens is 1. The normalized spacial score (nSPS) is 19.1. The second kappa shape index (κ2) is 8.54. The summed E-state index contributed by atoms with van der Waals surface area (Å²) in [5, 5.41) is 9.53. The van der Waals surface area contributed by atoms with Crippen LogP contribution in [0.5, 0.6) is 0 Å². The number of urea groups is 1. The van der Waals surface area contributed by atoms with Crippen molar-refractivity contribution in [3.05, 3.63) is 71.5 Å². The van der Waals surface area contributed by atoms with Gasteiger partial charge in [0.1, 0.15) is 15.7 Å². The molecule has 3 N–H and O–H groups in total. The molecule has 1 aliphatic rings. The minimum absolute atomic E-state index is 0.280. The van der Waals surface area contributed by atoms with Crippen LogP contribution in [0.2, 0.25) is 0 Å². The van der Waals surface area contributed by atoms with Crippen molar-refractivity contribution in [2.75, 3.05) is 13.1 Å². The van der Waals surface area contributed by atoms with Crippen LogP contribution in [0.15, 0.2) is 59.7 Å². The summed E-state index contributed by atoms with van der Waals surface area (Å²) in [5.41, 5.74) is 7.39. The molecule has 5 nitrogen and oxygen atoms in total. The largest absolute Gasteiger partial charge is 0.339 e. The number of nitrogens with zero attached hydrogens (tertiary/aromatic N) is 2. The Balaban J connectivity index is 2.08. The van der Waals surface area contributed by atoms with E-state index in [1.54, 1.807) is 12.1 Å². The lowest BCUT2D eigenvalue weighted by molar-refractivity contribution is 0.163. The van der Waals surface area contributed by atoms with Crippen molar-refractivity contribution >= 4 is 22.8 Å². The van der Waals surface area contributed by atoms with Gasteiger partial charge in [-0.05, 0) is 44.0 Å². The quantitative estimate of drug-likeness (QED) is 0.792. The Bertz CT molecular complexity index is 830. The number of carbonyl (C=O) groups is 1. The van der Waals surface area contributed by atoms with Crippen molar-refractivity contribution in [3.8, 4) is 0 Å². The third-order valence-corrected chi connectivity index (χ3v) is 5.80. The maximum absolute atomic E-state index is 13.7. The minimum Gasteiger partial charge on any atom is -0.337 e. The molecule has 0 fully saturated rings. The van der Waals surface area contributed by atoms with Crippen molar-refractivity contribution in [2.45, 2.75) is 24.6 Å². The highest BCUT2D eigenvalue weighted by atomic mass is 32.2. The van der Waals surface area contributed by atoms with Crippen molar-refractivity contribution in [2.24, 2.45) is 10.8 Å². The number of thioether (sulfide) groups is 1. The summed E-state index contributed by atoms with van der Waals surface area (Å²) in [5.74, 6) is -0.334. The third-order valence-electron chi connectivity index (χ3n) is 4.34. The number of amides is 2. The molecule has 1 unspecified atom stereocenters. The molecule has 3 rings (SSSR count). The third kappa shape index (κ3) is 3.99. The van der Waals surface area contributed by atoms with E-state index in [1.807, 2.05) is 37.3 Å². The molecular formula is C20H23FN4OS. The zero-order valence-corrected chi connectivity index (χ0v) is 16.0. The summed E-state index contributed by atoms with van der Waals surface area (Å²) in [6.45, 7) is 2.86. The molecular weight excluding hydrogens is 363 g/mol. The van der Waals surface area contributed by atoms with Gasteiger partial charge >= 0.3 is 6.03 Å². The molecule has 0 saturated carbocycles. The lowest BCUT2D eigenvalue weighted by Gasteiger charge is -2.35. The van der Waals surface area contributed by atoms with Crippen LogP contribution in [0.25, 0.3) is 0 Å². The number of hydrazone groups is 1. The summed E-state index contributed by atoms with van der Waals surface area (Å²) in [7, 11) is 0. The standard InChI is InChI=1S/C20H23FN4OS/c1-2-23-19(26)25-20(12-7-13-22,16-9-4-3-5-10-16)27-18(24-25)15-8-6-11-17(21)14-15/h3-6,8-11,14H,2,7,12-13,22H2,1H3,(H,23,26). The first-order valence-electron chi connectivity index (χ1n) is 8.98. The number of benzene rings is 2. The molecule has 2 aromatic rings. The summed E-state index contributed by atoms with van der Waals surface area (Å²) in [6, 6.07) is 15.8. The summed E-state index contributed by atoms with van der Waals surface area (Å²) < 4.78 is 13.7. The second-order valence-electron chi connectivity index (χ2n) is 6.21. The predicted molar refractivity (Wildman–Crippen MR) is 108 cm³/mol. The van der Waals surface area contributed by atoms with Crippen molar-refractivity contribution < 1.29 is 9.18 Å². The van der Waals surface area contributed by atoms with E-state index in [1.165, 1.54) is 28.9 Å². The van der Waals surface area contributed by atoms with Crippen LogP contribution in [0.3, 0.4) is 0 Å². The molecule has 0 saturated heterocycles. The topological polar surface area (TPSA) is 70.7 Å². The predicted octanol–water partition coefficient (Wildman–Crippen LogP) is 3.86. The number of carbonyl (C=O) groups excluding carboxylic acids is 1. The maximum atomic E-state index is 13.7. The molecule has 1 aliphatic heterocycles. The highest BCUT2D eigenvalue weighted by Gasteiger charge is 2.48. The summed E-state index contributed by atoms with van der Waals surface area (Å²) >= 11 is 1.47. The van der Waals surface area contributed by atoms with Gasteiger partial charge in [-0.1, -0.05) is 54.2 Å². The Morgan fingerprint density at radius 3 is 2.70 bits per heavy atom. The molecule has 1 heterocycles. The van der Waals surface area contributed by atoms with E-state index >= 15 is 0 Å². The molecule has 1 atom stereocenters. The van der Waals surface area contributed by atoms with Crippen LogP contribution < -0.4 is 11.1 Å². The van der Waals surface area contributed by atoms with E-state index in [2.05, 4.69) is 10.4 Å². The van der Waals surface area contributed by atoms with Gasteiger partial charge in [-0.15, -0.1) is 0 Å². The Morgan fingerprint density at radius 1 is 1.26 bits per heavy atom. The molecule has 0 spiro atoms. The van der Waals surface area contributed by atoms with Crippen LogP contribution in [0.4, 0.5) is 9.18 Å². The van der Waals surface area contributed by atoms with Gasteiger partial charge in [-0.25, -0.2) is 9.18 Å². The first-order valence-corrected chi connectivity index (χ1v) is 9.79. The first kappa shape index (κ1) is 19.4. The fourth-order valence-electron chi connectivity index (χ4n) is 3.09. The lowest BCUT2D eigenvalue weighted by Crippen LogP contribution is -2.46. The van der Waals surface area contributed by atoms with Gasteiger partial charge in [-0.2, -0.15) is 10.1 Å². The average molecular weight is 386 g/mol. The second-order valence-corrected chi connectivity index (χ2v) is 7.47. The Labute approximate surface area is 162 Å². The van der Waals surface area contributed by atoms with Crippen molar-refractivity contribution in [1.82, 2.24) is 10.3 Å². The Morgan fingerprint density at radius 2 is 2.04 bits per heavy atom. The molecule has 0 bridgehead atoms. The average Bonchev–Trinajstić information content (AvgIpc) is 3.08.